The van der Waals surface area contributed by atoms with Gasteiger partial charge in [-0.1, -0.05) is 18.2 Å². The van der Waals surface area contributed by atoms with Crippen molar-refractivity contribution in [3.8, 4) is 5.75 Å². The maximum absolute atomic E-state index is 5.44. The molecule has 1 atom stereocenters. The molecule has 0 saturated carbocycles. The van der Waals surface area contributed by atoms with E-state index in [1.165, 1.54) is 5.56 Å². The van der Waals surface area contributed by atoms with Crippen LogP contribution in [0.15, 0.2) is 29.3 Å². The largest absolute Gasteiger partial charge is 0.496 e. The summed E-state index contributed by atoms with van der Waals surface area (Å²) in [6, 6.07) is 8.13. The molecule has 1 heterocycles. The molecule has 130 valence electrons. The number of aliphatic imine (C=N–C) groups is 1. The minimum absolute atomic E-state index is 0. The molecule has 1 fully saturated rings. The lowest BCUT2D eigenvalue weighted by molar-refractivity contribution is 0.181. The lowest BCUT2D eigenvalue weighted by atomic mass is 10.1. The van der Waals surface area contributed by atoms with Gasteiger partial charge in [-0.25, -0.2) is 0 Å². The highest BCUT2D eigenvalue weighted by atomic mass is 127. The molecule has 1 saturated heterocycles. The molecule has 2 rings (SSSR count). The van der Waals surface area contributed by atoms with Crippen molar-refractivity contribution >= 4 is 29.9 Å². The Balaban J connectivity index is 0.00000264. The molecule has 1 aromatic carbocycles. The minimum atomic E-state index is 0. The monoisotopic (exact) mass is 433 g/mol. The zero-order chi connectivity index (χ0) is 15.8. The summed E-state index contributed by atoms with van der Waals surface area (Å²) in [6.45, 7) is 3.56. The maximum Gasteiger partial charge on any atom is 0.193 e. The molecule has 5 nitrogen and oxygen atoms in total. The zero-order valence-corrected chi connectivity index (χ0v) is 16.6. The molecular weight excluding hydrogens is 405 g/mol. The van der Waals surface area contributed by atoms with Crippen LogP contribution in [0.5, 0.6) is 5.75 Å². The number of halogens is 1. The molecule has 1 aliphatic heterocycles. The van der Waals surface area contributed by atoms with Crippen LogP contribution in [0.1, 0.15) is 12.0 Å². The number of hydrogen-bond donors (Lipinski definition) is 1. The number of benzene rings is 1. The Labute approximate surface area is 156 Å². The molecule has 1 N–H and O–H groups in total. The SMILES string of the molecule is CN=C(NCCc1ccccc1OC)N(C)CC1CCOC1.I. The van der Waals surface area contributed by atoms with Gasteiger partial charge in [0.05, 0.1) is 13.7 Å². The molecule has 0 amide bonds. The first kappa shape index (κ1) is 20.0. The summed E-state index contributed by atoms with van der Waals surface area (Å²) in [5, 5.41) is 3.42. The van der Waals surface area contributed by atoms with Crippen LogP contribution < -0.4 is 10.1 Å². The number of para-hydroxylation sites is 1. The number of guanidine groups is 1. The van der Waals surface area contributed by atoms with Gasteiger partial charge >= 0.3 is 0 Å². The second-order valence-electron chi connectivity index (χ2n) is 5.65. The molecule has 0 aromatic heterocycles. The van der Waals surface area contributed by atoms with Gasteiger partial charge in [0, 0.05) is 39.7 Å². The number of ether oxygens (including phenoxy) is 2. The highest BCUT2D eigenvalue weighted by molar-refractivity contribution is 14.0. The Morgan fingerprint density at radius 2 is 2.22 bits per heavy atom. The molecule has 0 aliphatic carbocycles. The molecule has 0 spiro atoms. The summed E-state index contributed by atoms with van der Waals surface area (Å²) < 4.78 is 10.8. The summed E-state index contributed by atoms with van der Waals surface area (Å²) in [7, 11) is 5.62. The predicted octanol–water partition coefficient (Wildman–Crippen LogP) is 2.40. The van der Waals surface area contributed by atoms with E-state index in [0.29, 0.717) is 5.92 Å². The average Bonchev–Trinajstić information content (AvgIpc) is 3.04. The van der Waals surface area contributed by atoms with Crippen molar-refractivity contribution in [1.82, 2.24) is 10.2 Å². The Bertz CT molecular complexity index is 490. The van der Waals surface area contributed by atoms with Crippen molar-refractivity contribution < 1.29 is 9.47 Å². The summed E-state index contributed by atoms with van der Waals surface area (Å²) in [4.78, 5) is 6.55. The predicted molar refractivity (Wildman–Crippen MR) is 105 cm³/mol. The van der Waals surface area contributed by atoms with Gasteiger partial charge in [-0.2, -0.15) is 0 Å². The maximum atomic E-state index is 5.44. The highest BCUT2D eigenvalue weighted by Crippen LogP contribution is 2.17. The van der Waals surface area contributed by atoms with Crippen molar-refractivity contribution in [2.45, 2.75) is 12.8 Å². The van der Waals surface area contributed by atoms with E-state index in [1.54, 1.807) is 7.11 Å². The molecule has 1 aromatic rings. The summed E-state index contributed by atoms with van der Waals surface area (Å²) in [5.74, 6) is 2.48. The van der Waals surface area contributed by atoms with Crippen LogP contribution in [-0.2, 0) is 11.2 Å². The number of methoxy groups -OCH3 is 1. The first-order valence-electron chi connectivity index (χ1n) is 7.86. The Morgan fingerprint density at radius 1 is 1.43 bits per heavy atom. The van der Waals surface area contributed by atoms with Crippen LogP contribution in [0.2, 0.25) is 0 Å². The quantitative estimate of drug-likeness (QED) is 0.425. The van der Waals surface area contributed by atoms with Crippen molar-refractivity contribution in [2.75, 3.05) is 47.5 Å². The number of hydrogen-bond acceptors (Lipinski definition) is 3. The van der Waals surface area contributed by atoms with E-state index < -0.39 is 0 Å². The second-order valence-corrected chi connectivity index (χ2v) is 5.65. The Kier molecular flexibility index (Phi) is 9.31. The summed E-state index contributed by atoms with van der Waals surface area (Å²) in [6.07, 6.45) is 2.05. The Hall–Kier alpha value is -1.02. The average molecular weight is 433 g/mol. The fourth-order valence-electron chi connectivity index (χ4n) is 2.80. The third kappa shape index (κ3) is 6.18. The third-order valence-corrected chi connectivity index (χ3v) is 4.00. The molecule has 6 heteroatoms. The van der Waals surface area contributed by atoms with Crippen LogP contribution in [0, 0.1) is 5.92 Å². The second kappa shape index (κ2) is 10.7. The first-order valence-corrected chi connectivity index (χ1v) is 7.86. The molecule has 1 unspecified atom stereocenters. The first-order chi connectivity index (χ1) is 10.7. The number of nitrogens with zero attached hydrogens (tertiary/aromatic N) is 2. The molecule has 0 radical (unpaired) electrons. The van der Waals surface area contributed by atoms with Crippen LogP contribution in [-0.4, -0.2) is 58.4 Å². The third-order valence-electron chi connectivity index (χ3n) is 4.00. The minimum Gasteiger partial charge on any atom is -0.496 e. The van der Waals surface area contributed by atoms with E-state index in [-0.39, 0.29) is 24.0 Å². The highest BCUT2D eigenvalue weighted by Gasteiger charge is 2.18. The van der Waals surface area contributed by atoms with E-state index in [0.717, 1.165) is 50.9 Å². The van der Waals surface area contributed by atoms with Crippen LogP contribution in [0.25, 0.3) is 0 Å². The number of nitrogens with one attached hydrogen (secondary N) is 1. The zero-order valence-electron chi connectivity index (χ0n) is 14.2. The molecule has 1 aliphatic rings. The lowest BCUT2D eigenvalue weighted by Gasteiger charge is -2.24. The van der Waals surface area contributed by atoms with Gasteiger partial charge in [-0.05, 0) is 24.5 Å². The molecular formula is C17H28IN3O2. The van der Waals surface area contributed by atoms with Crippen molar-refractivity contribution in [3.05, 3.63) is 29.8 Å². The van der Waals surface area contributed by atoms with Gasteiger partial charge in [0.1, 0.15) is 5.75 Å². The van der Waals surface area contributed by atoms with E-state index in [9.17, 15) is 0 Å². The van der Waals surface area contributed by atoms with Crippen LogP contribution in [0.4, 0.5) is 0 Å². The standard InChI is InChI=1S/C17H27N3O2.HI/c1-18-17(20(2)12-14-9-11-22-13-14)19-10-8-15-6-4-5-7-16(15)21-3;/h4-7,14H,8-13H2,1-3H3,(H,18,19);1H. The van der Waals surface area contributed by atoms with E-state index in [4.69, 9.17) is 9.47 Å². The fourth-order valence-corrected chi connectivity index (χ4v) is 2.80. The molecule has 0 bridgehead atoms. The van der Waals surface area contributed by atoms with E-state index in [2.05, 4.69) is 28.3 Å². The summed E-state index contributed by atoms with van der Waals surface area (Å²) >= 11 is 0. The van der Waals surface area contributed by atoms with Crippen molar-refractivity contribution in [1.29, 1.82) is 0 Å². The van der Waals surface area contributed by atoms with Gasteiger partial charge in [0.2, 0.25) is 0 Å². The Morgan fingerprint density at radius 3 is 2.87 bits per heavy atom. The molecule has 23 heavy (non-hydrogen) atoms. The summed E-state index contributed by atoms with van der Waals surface area (Å²) in [5.41, 5.74) is 1.21. The van der Waals surface area contributed by atoms with Crippen LogP contribution >= 0.6 is 24.0 Å². The van der Waals surface area contributed by atoms with Crippen molar-refractivity contribution in [3.63, 3.8) is 0 Å². The fraction of sp³-hybridized carbons (Fsp3) is 0.588. The van der Waals surface area contributed by atoms with Gasteiger partial charge < -0.3 is 19.7 Å². The number of rotatable bonds is 6. The van der Waals surface area contributed by atoms with Crippen LogP contribution in [0.3, 0.4) is 0 Å². The van der Waals surface area contributed by atoms with Crippen molar-refractivity contribution in [2.24, 2.45) is 10.9 Å². The lowest BCUT2D eigenvalue weighted by Crippen LogP contribution is -2.42. The normalized spacial score (nSPS) is 17.5. The van der Waals surface area contributed by atoms with E-state index >= 15 is 0 Å². The topological polar surface area (TPSA) is 46.1 Å². The van der Waals surface area contributed by atoms with E-state index in [1.807, 2.05) is 25.2 Å². The van der Waals surface area contributed by atoms with Gasteiger partial charge in [-0.3, -0.25) is 4.99 Å². The van der Waals surface area contributed by atoms with Gasteiger partial charge in [-0.15, -0.1) is 24.0 Å². The smallest absolute Gasteiger partial charge is 0.193 e. The van der Waals surface area contributed by atoms with Gasteiger partial charge in [0.25, 0.3) is 0 Å². The van der Waals surface area contributed by atoms with Gasteiger partial charge in [0.15, 0.2) is 5.96 Å².